The molecule has 1 amide bonds. The van der Waals surface area contributed by atoms with E-state index in [1.54, 1.807) is 19.2 Å². The number of hydrogen-bond acceptors (Lipinski definition) is 5. The van der Waals surface area contributed by atoms with Crippen molar-refractivity contribution >= 4 is 39.7 Å². The second-order valence-electron chi connectivity index (χ2n) is 5.60. The topological polar surface area (TPSA) is 85.1 Å². The minimum Gasteiger partial charge on any atom is -0.298 e. The average Bonchev–Trinajstić information content (AvgIpc) is 3.03. The number of anilines is 1. The van der Waals surface area contributed by atoms with E-state index in [2.05, 4.69) is 10.3 Å². The van der Waals surface area contributed by atoms with E-state index in [9.17, 15) is 14.9 Å². The monoisotopic (exact) mass is 387 g/mol. The van der Waals surface area contributed by atoms with Crippen molar-refractivity contribution in [2.24, 2.45) is 0 Å². The third-order valence-electron chi connectivity index (χ3n) is 3.81. The summed E-state index contributed by atoms with van der Waals surface area (Å²) in [6.07, 6.45) is 2.38. The number of hydrogen-bond donors (Lipinski definition) is 1. The summed E-state index contributed by atoms with van der Waals surface area (Å²) >= 11 is 7.24. The van der Waals surface area contributed by atoms with E-state index in [0.29, 0.717) is 22.1 Å². The highest BCUT2D eigenvalue weighted by molar-refractivity contribution is 7.15. The van der Waals surface area contributed by atoms with Gasteiger partial charge in [0.1, 0.15) is 0 Å². The van der Waals surface area contributed by atoms with Crippen molar-refractivity contribution < 1.29 is 9.72 Å². The van der Waals surface area contributed by atoms with Gasteiger partial charge in [0, 0.05) is 39.7 Å². The number of nitrogens with one attached hydrogen (secondary N) is 1. The van der Waals surface area contributed by atoms with Gasteiger partial charge in [-0.3, -0.25) is 20.2 Å². The van der Waals surface area contributed by atoms with Crippen molar-refractivity contribution in [2.45, 2.75) is 13.3 Å². The van der Waals surface area contributed by atoms with E-state index in [1.165, 1.54) is 23.5 Å². The van der Waals surface area contributed by atoms with Crippen LogP contribution in [0.1, 0.15) is 26.4 Å². The molecule has 1 aromatic heterocycles. The molecular formula is C18H14ClN3O3S. The van der Waals surface area contributed by atoms with Gasteiger partial charge in [0.2, 0.25) is 0 Å². The Hall–Kier alpha value is -2.77. The van der Waals surface area contributed by atoms with E-state index in [4.69, 9.17) is 11.6 Å². The number of carbonyl (C=O) groups excluding carboxylic acids is 1. The first kappa shape index (κ1) is 18.0. The lowest BCUT2D eigenvalue weighted by Gasteiger charge is -2.05. The summed E-state index contributed by atoms with van der Waals surface area (Å²) in [5, 5.41) is 14.8. The molecule has 0 atom stereocenters. The molecule has 1 N–H and O–H groups in total. The van der Waals surface area contributed by atoms with Crippen LogP contribution < -0.4 is 5.32 Å². The first-order valence-corrected chi connectivity index (χ1v) is 8.88. The number of rotatable bonds is 5. The van der Waals surface area contributed by atoms with Crippen LogP contribution in [0.5, 0.6) is 0 Å². The molecule has 8 heteroatoms. The van der Waals surface area contributed by atoms with Crippen LogP contribution in [0.25, 0.3) is 0 Å². The number of aromatic nitrogens is 1. The van der Waals surface area contributed by atoms with Crippen molar-refractivity contribution in [3.8, 4) is 0 Å². The fraction of sp³-hybridized carbons (Fsp3) is 0.111. The van der Waals surface area contributed by atoms with Gasteiger partial charge in [-0.2, -0.15) is 0 Å². The fourth-order valence-electron chi connectivity index (χ4n) is 2.48. The lowest BCUT2D eigenvalue weighted by molar-refractivity contribution is -0.385. The van der Waals surface area contributed by atoms with Crippen LogP contribution in [0.2, 0.25) is 5.02 Å². The highest BCUT2D eigenvalue weighted by Gasteiger charge is 2.18. The van der Waals surface area contributed by atoms with Gasteiger partial charge in [0.05, 0.1) is 4.92 Å². The summed E-state index contributed by atoms with van der Waals surface area (Å²) < 4.78 is 0. The number of nitro groups is 1. The SMILES string of the molecule is Cc1c(C(=O)Nc2ncc(Cc3ccc(Cl)cc3)s2)cccc1[N+](=O)[O-]. The van der Waals surface area contributed by atoms with Gasteiger partial charge in [0.25, 0.3) is 11.6 Å². The standard InChI is InChI=1S/C18H14ClN3O3S/c1-11-15(3-2-4-16(11)22(24)25)17(23)21-18-20-10-14(26-18)9-12-5-7-13(19)8-6-12/h2-8,10H,9H2,1H3,(H,20,21,23). The number of nitro benzene ring substituents is 1. The summed E-state index contributed by atoms with van der Waals surface area (Å²) in [5.41, 5.74) is 1.59. The van der Waals surface area contributed by atoms with Crippen molar-refractivity contribution in [3.63, 3.8) is 0 Å². The largest absolute Gasteiger partial charge is 0.298 e. The Morgan fingerprint density at radius 2 is 2.00 bits per heavy atom. The van der Waals surface area contributed by atoms with Gasteiger partial charge < -0.3 is 0 Å². The third-order valence-corrected chi connectivity index (χ3v) is 4.98. The Morgan fingerprint density at radius 3 is 2.69 bits per heavy atom. The molecule has 0 saturated carbocycles. The summed E-state index contributed by atoms with van der Waals surface area (Å²) in [4.78, 5) is 28.1. The zero-order valence-electron chi connectivity index (χ0n) is 13.7. The molecule has 2 aromatic carbocycles. The van der Waals surface area contributed by atoms with Crippen molar-refractivity contribution in [1.82, 2.24) is 4.98 Å². The van der Waals surface area contributed by atoms with E-state index in [-0.39, 0.29) is 11.3 Å². The van der Waals surface area contributed by atoms with Crippen LogP contribution >= 0.6 is 22.9 Å². The van der Waals surface area contributed by atoms with Crippen molar-refractivity contribution in [3.05, 3.63) is 85.4 Å². The normalized spacial score (nSPS) is 10.5. The van der Waals surface area contributed by atoms with E-state index in [1.807, 2.05) is 24.3 Å². The average molecular weight is 388 g/mol. The Morgan fingerprint density at radius 1 is 1.27 bits per heavy atom. The number of halogens is 1. The van der Waals surface area contributed by atoms with Crippen LogP contribution in [0.3, 0.4) is 0 Å². The van der Waals surface area contributed by atoms with Crippen LogP contribution in [-0.4, -0.2) is 15.8 Å². The minimum absolute atomic E-state index is 0.0831. The molecule has 0 radical (unpaired) electrons. The van der Waals surface area contributed by atoms with Gasteiger partial charge in [-0.1, -0.05) is 29.8 Å². The summed E-state index contributed by atoms with van der Waals surface area (Å²) in [7, 11) is 0. The van der Waals surface area contributed by atoms with Gasteiger partial charge in [-0.25, -0.2) is 4.98 Å². The smallest absolute Gasteiger partial charge is 0.273 e. The van der Waals surface area contributed by atoms with Crippen LogP contribution in [-0.2, 0) is 6.42 Å². The van der Waals surface area contributed by atoms with Gasteiger partial charge in [0.15, 0.2) is 5.13 Å². The van der Waals surface area contributed by atoms with Crippen molar-refractivity contribution in [1.29, 1.82) is 0 Å². The predicted octanol–water partition coefficient (Wildman–Crippen LogP) is 4.86. The summed E-state index contributed by atoms with van der Waals surface area (Å²) in [5.74, 6) is -0.418. The maximum absolute atomic E-state index is 12.4. The molecule has 0 fully saturated rings. The first-order valence-electron chi connectivity index (χ1n) is 7.68. The summed E-state index contributed by atoms with van der Waals surface area (Å²) in [6, 6.07) is 11.9. The molecule has 0 aliphatic heterocycles. The van der Waals surface area contributed by atoms with Gasteiger partial charge >= 0.3 is 0 Å². The molecule has 3 aromatic rings. The van der Waals surface area contributed by atoms with Crippen LogP contribution in [0.15, 0.2) is 48.7 Å². The first-order chi connectivity index (χ1) is 12.4. The Labute approximate surface area is 158 Å². The molecule has 132 valence electrons. The number of nitrogens with zero attached hydrogens (tertiary/aromatic N) is 2. The number of thiazole rings is 1. The molecule has 0 bridgehead atoms. The van der Waals surface area contributed by atoms with E-state index >= 15 is 0 Å². The molecule has 1 heterocycles. The summed E-state index contributed by atoms with van der Waals surface area (Å²) in [6.45, 7) is 1.56. The molecule has 0 aliphatic rings. The van der Waals surface area contributed by atoms with Gasteiger partial charge in [-0.15, -0.1) is 11.3 Å². The minimum atomic E-state index is -0.500. The van der Waals surface area contributed by atoms with Gasteiger partial charge in [-0.05, 0) is 30.7 Å². The fourth-order valence-corrected chi connectivity index (χ4v) is 3.45. The van der Waals surface area contributed by atoms with Crippen molar-refractivity contribution in [2.75, 3.05) is 5.32 Å². The molecule has 3 rings (SSSR count). The molecule has 0 aliphatic carbocycles. The molecular weight excluding hydrogens is 374 g/mol. The number of benzene rings is 2. The van der Waals surface area contributed by atoms with E-state index in [0.717, 1.165) is 10.4 Å². The highest BCUT2D eigenvalue weighted by Crippen LogP contribution is 2.25. The number of amides is 1. The molecule has 0 spiro atoms. The molecule has 26 heavy (non-hydrogen) atoms. The Kier molecular flexibility index (Phi) is 5.29. The Balaban J connectivity index is 1.73. The van der Waals surface area contributed by atoms with Crippen LogP contribution in [0, 0.1) is 17.0 Å². The lowest BCUT2D eigenvalue weighted by Crippen LogP contribution is -2.13. The number of carbonyl (C=O) groups is 1. The zero-order valence-corrected chi connectivity index (χ0v) is 15.3. The Bertz CT molecular complexity index is 970. The third kappa shape index (κ3) is 4.07. The second-order valence-corrected chi connectivity index (χ2v) is 7.15. The molecule has 0 saturated heterocycles. The molecule has 6 nitrogen and oxygen atoms in total. The second kappa shape index (κ2) is 7.63. The lowest BCUT2D eigenvalue weighted by atomic mass is 10.1. The van der Waals surface area contributed by atoms with Crippen LogP contribution in [0.4, 0.5) is 10.8 Å². The maximum atomic E-state index is 12.4. The predicted molar refractivity (Wildman–Crippen MR) is 102 cm³/mol. The quantitative estimate of drug-likeness (QED) is 0.500. The zero-order chi connectivity index (χ0) is 18.7. The highest BCUT2D eigenvalue weighted by atomic mass is 35.5. The van der Waals surface area contributed by atoms with E-state index < -0.39 is 10.8 Å². The maximum Gasteiger partial charge on any atom is 0.273 e. The molecule has 0 unspecified atom stereocenters.